The van der Waals surface area contributed by atoms with Crippen LogP contribution in [0, 0.1) is 0 Å². The summed E-state index contributed by atoms with van der Waals surface area (Å²) in [4.78, 5) is 16.7. The standard InChI is InChI=1S/C24H24ClN3O4S/c25-19-5-4-6-20(17-19)27-13-15-28(16-14-27)24(29)12-11-21-9-10-22(32-21)18-26-33(30,31)23-7-2-1-3-8-23/h1-12,17,26H,13-16,18H2/b12-11+. The molecule has 7 nitrogen and oxygen atoms in total. The highest BCUT2D eigenvalue weighted by molar-refractivity contribution is 7.89. The maximum atomic E-state index is 12.6. The summed E-state index contributed by atoms with van der Waals surface area (Å²) in [7, 11) is -3.62. The van der Waals surface area contributed by atoms with Crippen molar-refractivity contribution in [2.45, 2.75) is 11.4 Å². The van der Waals surface area contributed by atoms with Crippen LogP contribution in [-0.2, 0) is 21.4 Å². The second-order valence-electron chi connectivity index (χ2n) is 7.57. The first kappa shape index (κ1) is 23.1. The Kier molecular flexibility index (Phi) is 7.17. The Labute approximate surface area is 198 Å². The molecule has 1 amide bonds. The van der Waals surface area contributed by atoms with Crippen LogP contribution in [-0.4, -0.2) is 45.4 Å². The van der Waals surface area contributed by atoms with Gasteiger partial charge in [-0.3, -0.25) is 4.79 Å². The van der Waals surface area contributed by atoms with Gasteiger partial charge >= 0.3 is 0 Å². The number of nitrogens with zero attached hydrogens (tertiary/aromatic N) is 2. The van der Waals surface area contributed by atoms with E-state index in [4.69, 9.17) is 16.0 Å². The lowest BCUT2D eigenvalue weighted by Gasteiger charge is -2.35. The highest BCUT2D eigenvalue weighted by Gasteiger charge is 2.20. The van der Waals surface area contributed by atoms with Crippen LogP contribution >= 0.6 is 11.6 Å². The largest absolute Gasteiger partial charge is 0.460 e. The number of hydrogen-bond donors (Lipinski definition) is 1. The molecule has 0 atom stereocenters. The fourth-order valence-corrected chi connectivity index (χ4v) is 4.74. The Morgan fingerprint density at radius 2 is 1.76 bits per heavy atom. The molecule has 9 heteroatoms. The van der Waals surface area contributed by atoms with E-state index in [1.54, 1.807) is 41.3 Å². The molecule has 0 saturated carbocycles. The number of halogens is 1. The Morgan fingerprint density at radius 1 is 1.00 bits per heavy atom. The van der Waals surface area contributed by atoms with Gasteiger partial charge in [0.1, 0.15) is 11.5 Å². The fourth-order valence-electron chi connectivity index (χ4n) is 3.54. The summed E-state index contributed by atoms with van der Waals surface area (Å²) in [6.45, 7) is 2.70. The molecule has 2 aromatic carbocycles. The summed E-state index contributed by atoms with van der Waals surface area (Å²) in [5, 5.41) is 0.694. The van der Waals surface area contributed by atoms with Gasteiger partial charge in [-0.25, -0.2) is 13.1 Å². The lowest BCUT2D eigenvalue weighted by molar-refractivity contribution is -0.126. The normalized spacial score (nSPS) is 14.7. The molecule has 1 aliphatic heterocycles. The summed E-state index contributed by atoms with van der Waals surface area (Å²) < 4.78 is 32.8. The van der Waals surface area contributed by atoms with Crippen molar-refractivity contribution >= 4 is 39.3 Å². The molecule has 3 aromatic rings. The number of hydrogen-bond acceptors (Lipinski definition) is 5. The molecular weight excluding hydrogens is 462 g/mol. The van der Waals surface area contributed by atoms with Crippen molar-refractivity contribution in [3.63, 3.8) is 0 Å². The number of nitrogens with one attached hydrogen (secondary N) is 1. The molecular formula is C24H24ClN3O4S. The molecule has 0 spiro atoms. The average Bonchev–Trinajstić information content (AvgIpc) is 3.30. The van der Waals surface area contributed by atoms with Crippen LogP contribution in [0.2, 0.25) is 5.02 Å². The highest BCUT2D eigenvalue weighted by atomic mass is 35.5. The third kappa shape index (κ3) is 6.04. The lowest BCUT2D eigenvalue weighted by Crippen LogP contribution is -2.48. The summed E-state index contributed by atoms with van der Waals surface area (Å²) in [6.07, 6.45) is 3.08. The van der Waals surface area contributed by atoms with E-state index in [1.165, 1.54) is 18.2 Å². The van der Waals surface area contributed by atoms with Gasteiger partial charge in [0.25, 0.3) is 0 Å². The number of furan rings is 1. The van der Waals surface area contributed by atoms with Crippen LogP contribution < -0.4 is 9.62 Å². The maximum absolute atomic E-state index is 12.6. The quantitative estimate of drug-likeness (QED) is 0.515. The third-order valence-corrected chi connectivity index (χ3v) is 6.98. The van der Waals surface area contributed by atoms with E-state index < -0.39 is 10.0 Å². The molecule has 0 aliphatic carbocycles. The van der Waals surface area contributed by atoms with Crippen molar-refractivity contribution in [2.24, 2.45) is 0 Å². The highest BCUT2D eigenvalue weighted by Crippen LogP contribution is 2.21. The van der Waals surface area contributed by atoms with Crippen LogP contribution in [0.5, 0.6) is 0 Å². The van der Waals surface area contributed by atoms with E-state index in [1.807, 2.05) is 24.3 Å². The Hall–Kier alpha value is -3.07. The second kappa shape index (κ2) is 10.2. The topological polar surface area (TPSA) is 82.9 Å². The maximum Gasteiger partial charge on any atom is 0.246 e. The van der Waals surface area contributed by atoms with Crippen LogP contribution in [0.4, 0.5) is 5.69 Å². The lowest BCUT2D eigenvalue weighted by atomic mass is 10.2. The van der Waals surface area contributed by atoms with Gasteiger partial charge in [0.2, 0.25) is 15.9 Å². The summed E-state index contributed by atoms with van der Waals surface area (Å²) in [6, 6.07) is 19.2. The zero-order valence-corrected chi connectivity index (χ0v) is 19.4. The van der Waals surface area contributed by atoms with Gasteiger partial charge in [0.05, 0.1) is 11.4 Å². The minimum absolute atomic E-state index is 0.0183. The van der Waals surface area contributed by atoms with Crippen molar-refractivity contribution in [3.05, 3.63) is 89.3 Å². The van der Waals surface area contributed by atoms with Crippen LogP contribution in [0.3, 0.4) is 0 Å². The second-order valence-corrected chi connectivity index (χ2v) is 9.77. The minimum atomic E-state index is -3.62. The van der Waals surface area contributed by atoms with Gasteiger partial charge in [0, 0.05) is 43.0 Å². The molecule has 0 bridgehead atoms. The summed E-state index contributed by atoms with van der Waals surface area (Å²) in [5.74, 6) is 0.843. The molecule has 2 heterocycles. The van der Waals surface area contributed by atoms with Crippen molar-refractivity contribution in [1.29, 1.82) is 0 Å². The van der Waals surface area contributed by atoms with Crippen molar-refractivity contribution in [3.8, 4) is 0 Å². The SMILES string of the molecule is O=C(/C=C/c1ccc(CNS(=O)(=O)c2ccccc2)o1)N1CCN(c2cccc(Cl)c2)CC1. The molecule has 0 radical (unpaired) electrons. The molecule has 1 aliphatic rings. The predicted octanol–water partition coefficient (Wildman–Crippen LogP) is 3.77. The number of sulfonamides is 1. The Balaban J connectivity index is 1.28. The first-order valence-electron chi connectivity index (χ1n) is 10.5. The van der Waals surface area contributed by atoms with Gasteiger partial charge in [-0.2, -0.15) is 0 Å². The number of rotatable bonds is 7. The third-order valence-electron chi connectivity index (χ3n) is 5.33. The van der Waals surface area contributed by atoms with Gasteiger partial charge in [-0.1, -0.05) is 35.9 Å². The number of carbonyl (C=O) groups excluding carboxylic acids is 1. The smallest absolute Gasteiger partial charge is 0.246 e. The van der Waals surface area contributed by atoms with Crippen molar-refractivity contribution in [1.82, 2.24) is 9.62 Å². The van der Waals surface area contributed by atoms with Gasteiger partial charge in [0.15, 0.2) is 0 Å². The fraction of sp³-hybridized carbons (Fsp3) is 0.208. The van der Waals surface area contributed by atoms with Crippen LogP contribution in [0.15, 0.2) is 82.1 Å². The van der Waals surface area contributed by atoms with Crippen LogP contribution in [0.25, 0.3) is 6.08 Å². The first-order chi connectivity index (χ1) is 15.9. The molecule has 1 N–H and O–H groups in total. The van der Waals surface area contributed by atoms with Gasteiger partial charge in [-0.05, 0) is 48.5 Å². The molecule has 1 saturated heterocycles. The van der Waals surface area contributed by atoms with E-state index in [0.29, 0.717) is 29.6 Å². The van der Waals surface area contributed by atoms with E-state index in [2.05, 4.69) is 9.62 Å². The van der Waals surface area contributed by atoms with Crippen LogP contribution in [0.1, 0.15) is 11.5 Å². The summed E-state index contributed by atoms with van der Waals surface area (Å²) >= 11 is 6.07. The molecule has 172 valence electrons. The predicted molar refractivity (Wildman–Crippen MR) is 128 cm³/mol. The molecule has 33 heavy (non-hydrogen) atoms. The molecule has 0 unspecified atom stereocenters. The first-order valence-corrected chi connectivity index (χ1v) is 12.4. The van der Waals surface area contributed by atoms with E-state index in [-0.39, 0.29) is 17.3 Å². The number of benzene rings is 2. The average molecular weight is 486 g/mol. The summed E-state index contributed by atoms with van der Waals surface area (Å²) in [5.41, 5.74) is 1.05. The number of amides is 1. The minimum Gasteiger partial charge on any atom is -0.460 e. The zero-order valence-electron chi connectivity index (χ0n) is 17.9. The van der Waals surface area contributed by atoms with E-state index in [9.17, 15) is 13.2 Å². The van der Waals surface area contributed by atoms with E-state index >= 15 is 0 Å². The monoisotopic (exact) mass is 485 g/mol. The Morgan fingerprint density at radius 3 is 2.48 bits per heavy atom. The zero-order chi connectivity index (χ0) is 23.3. The van der Waals surface area contributed by atoms with Gasteiger partial charge < -0.3 is 14.2 Å². The molecule has 1 fully saturated rings. The van der Waals surface area contributed by atoms with Crippen molar-refractivity contribution < 1.29 is 17.6 Å². The number of piperazine rings is 1. The van der Waals surface area contributed by atoms with Crippen molar-refractivity contribution in [2.75, 3.05) is 31.1 Å². The molecule has 4 rings (SSSR count). The molecule has 1 aromatic heterocycles. The van der Waals surface area contributed by atoms with E-state index in [0.717, 1.165) is 18.8 Å². The Bertz CT molecular complexity index is 1230. The van der Waals surface area contributed by atoms with Gasteiger partial charge in [-0.15, -0.1) is 0 Å². The number of carbonyl (C=O) groups is 1. The number of anilines is 1.